The summed E-state index contributed by atoms with van der Waals surface area (Å²) in [5, 5.41) is 7.85. The number of fused-ring (bicyclic) bond motifs is 1. The second-order valence-electron chi connectivity index (χ2n) is 7.46. The van der Waals surface area contributed by atoms with Crippen LogP contribution in [0.5, 0.6) is 5.75 Å². The summed E-state index contributed by atoms with van der Waals surface area (Å²) in [6, 6.07) is 7.78. The fourth-order valence-corrected chi connectivity index (χ4v) is 3.78. The Morgan fingerprint density at radius 3 is 2.89 bits per heavy atom. The van der Waals surface area contributed by atoms with Gasteiger partial charge in [-0.15, -0.1) is 0 Å². The quantitative estimate of drug-likeness (QED) is 0.686. The van der Waals surface area contributed by atoms with Crippen LogP contribution in [0.15, 0.2) is 29.1 Å². The Morgan fingerprint density at radius 1 is 1.29 bits per heavy atom. The van der Waals surface area contributed by atoms with Crippen LogP contribution in [0.2, 0.25) is 0 Å². The first kappa shape index (κ1) is 18.7. The third kappa shape index (κ3) is 3.80. The SMILES string of the molecule is CCCc1nn(C)c2c(=O)[nH]c(-c3cccc(OCC4CCNCC4)c3)nc12. The molecule has 1 aromatic carbocycles. The van der Waals surface area contributed by atoms with Crippen molar-refractivity contribution in [2.75, 3.05) is 19.7 Å². The number of hydrogen-bond acceptors (Lipinski definition) is 5. The molecule has 0 bridgehead atoms. The molecule has 0 unspecified atom stereocenters. The van der Waals surface area contributed by atoms with Gasteiger partial charge in [0, 0.05) is 12.6 Å². The summed E-state index contributed by atoms with van der Waals surface area (Å²) < 4.78 is 7.65. The second kappa shape index (κ2) is 8.14. The first-order valence-electron chi connectivity index (χ1n) is 10.1. The van der Waals surface area contributed by atoms with E-state index in [2.05, 4.69) is 22.3 Å². The number of nitrogens with zero attached hydrogens (tertiary/aromatic N) is 3. The first-order chi connectivity index (χ1) is 13.7. The van der Waals surface area contributed by atoms with Gasteiger partial charge in [0.1, 0.15) is 17.1 Å². The number of hydrogen-bond donors (Lipinski definition) is 2. The minimum Gasteiger partial charge on any atom is -0.493 e. The lowest BCUT2D eigenvalue weighted by molar-refractivity contribution is 0.215. The van der Waals surface area contributed by atoms with Crippen molar-refractivity contribution in [1.29, 1.82) is 0 Å². The van der Waals surface area contributed by atoms with Crippen LogP contribution in [-0.4, -0.2) is 39.4 Å². The van der Waals surface area contributed by atoms with Crippen molar-refractivity contribution in [3.05, 3.63) is 40.3 Å². The van der Waals surface area contributed by atoms with Crippen LogP contribution >= 0.6 is 0 Å². The molecule has 0 saturated carbocycles. The van der Waals surface area contributed by atoms with Gasteiger partial charge in [0.2, 0.25) is 0 Å². The third-order valence-electron chi connectivity index (χ3n) is 5.30. The predicted molar refractivity (Wildman–Crippen MR) is 110 cm³/mol. The van der Waals surface area contributed by atoms with Crippen LogP contribution in [0.4, 0.5) is 0 Å². The molecule has 1 aliphatic rings. The average molecular weight is 381 g/mol. The zero-order valence-corrected chi connectivity index (χ0v) is 16.5. The van der Waals surface area contributed by atoms with E-state index >= 15 is 0 Å². The van der Waals surface area contributed by atoms with E-state index in [1.54, 1.807) is 11.7 Å². The van der Waals surface area contributed by atoms with Crippen molar-refractivity contribution >= 4 is 11.0 Å². The van der Waals surface area contributed by atoms with E-state index in [1.807, 2.05) is 24.3 Å². The van der Waals surface area contributed by atoms with E-state index in [-0.39, 0.29) is 5.56 Å². The number of aryl methyl sites for hydroxylation is 2. The number of aromatic amines is 1. The number of rotatable bonds is 6. The fourth-order valence-electron chi connectivity index (χ4n) is 3.78. The molecule has 4 rings (SSSR count). The molecular weight excluding hydrogens is 354 g/mol. The zero-order valence-electron chi connectivity index (χ0n) is 16.5. The Labute approximate surface area is 164 Å². The summed E-state index contributed by atoms with van der Waals surface area (Å²) in [7, 11) is 1.79. The average Bonchev–Trinajstić information content (AvgIpc) is 3.03. The highest BCUT2D eigenvalue weighted by Gasteiger charge is 2.16. The number of nitrogens with one attached hydrogen (secondary N) is 2. The highest BCUT2D eigenvalue weighted by molar-refractivity contribution is 5.79. The van der Waals surface area contributed by atoms with Gasteiger partial charge in [0.15, 0.2) is 5.52 Å². The summed E-state index contributed by atoms with van der Waals surface area (Å²) >= 11 is 0. The van der Waals surface area contributed by atoms with Gasteiger partial charge in [-0.25, -0.2) is 4.98 Å². The van der Waals surface area contributed by atoms with Crippen LogP contribution in [0.25, 0.3) is 22.4 Å². The van der Waals surface area contributed by atoms with Crippen LogP contribution in [0, 0.1) is 5.92 Å². The molecule has 1 saturated heterocycles. The molecule has 148 valence electrons. The molecule has 0 amide bonds. The minimum absolute atomic E-state index is 0.168. The third-order valence-corrected chi connectivity index (χ3v) is 5.30. The molecule has 7 nitrogen and oxygen atoms in total. The summed E-state index contributed by atoms with van der Waals surface area (Å²) in [5.74, 6) is 1.94. The smallest absolute Gasteiger partial charge is 0.277 e. The van der Waals surface area contributed by atoms with E-state index in [1.165, 1.54) is 0 Å². The van der Waals surface area contributed by atoms with E-state index in [4.69, 9.17) is 9.72 Å². The van der Waals surface area contributed by atoms with E-state index in [0.717, 1.165) is 62.4 Å². The Balaban J connectivity index is 1.62. The van der Waals surface area contributed by atoms with Crippen molar-refractivity contribution in [1.82, 2.24) is 25.1 Å². The zero-order chi connectivity index (χ0) is 19.5. The topological polar surface area (TPSA) is 84.8 Å². The molecule has 2 aromatic heterocycles. The number of ether oxygens (including phenoxy) is 1. The van der Waals surface area contributed by atoms with Crippen LogP contribution < -0.4 is 15.6 Å². The van der Waals surface area contributed by atoms with Gasteiger partial charge in [-0.3, -0.25) is 9.48 Å². The van der Waals surface area contributed by atoms with Crippen molar-refractivity contribution in [3.63, 3.8) is 0 Å². The normalized spacial score (nSPS) is 15.2. The maximum absolute atomic E-state index is 12.6. The van der Waals surface area contributed by atoms with Gasteiger partial charge in [0.25, 0.3) is 5.56 Å². The molecule has 3 heterocycles. The van der Waals surface area contributed by atoms with Gasteiger partial charge in [-0.2, -0.15) is 5.10 Å². The van der Waals surface area contributed by atoms with Gasteiger partial charge >= 0.3 is 0 Å². The van der Waals surface area contributed by atoms with Gasteiger partial charge in [-0.05, 0) is 50.4 Å². The highest BCUT2D eigenvalue weighted by Crippen LogP contribution is 2.24. The summed E-state index contributed by atoms with van der Waals surface area (Å²) in [6.45, 7) is 4.93. The van der Waals surface area contributed by atoms with Crippen LogP contribution in [0.1, 0.15) is 31.9 Å². The second-order valence-corrected chi connectivity index (χ2v) is 7.46. The van der Waals surface area contributed by atoms with Crippen molar-refractivity contribution in [2.45, 2.75) is 32.6 Å². The van der Waals surface area contributed by atoms with Crippen LogP contribution in [0.3, 0.4) is 0 Å². The number of aromatic nitrogens is 4. The monoisotopic (exact) mass is 381 g/mol. The summed E-state index contributed by atoms with van der Waals surface area (Å²) in [6.07, 6.45) is 4.04. The van der Waals surface area contributed by atoms with Crippen molar-refractivity contribution < 1.29 is 4.74 Å². The van der Waals surface area contributed by atoms with Gasteiger partial charge in [-0.1, -0.05) is 25.5 Å². The predicted octanol–water partition coefficient (Wildman–Crippen LogP) is 2.65. The molecule has 3 aromatic rings. The van der Waals surface area contributed by atoms with E-state index in [0.29, 0.717) is 22.8 Å². The summed E-state index contributed by atoms with van der Waals surface area (Å²) in [4.78, 5) is 20.3. The van der Waals surface area contributed by atoms with Crippen molar-refractivity contribution in [2.24, 2.45) is 13.0 Å². The van der Waals surface area contributed by atoms with E-state index in [9.17, 15) is 4.79 Å². The molecule has 1 fully saturated rings. The summed E-state index contributed by atoms with van der Waals surface area (Å²) in [5.41, 5.74) is 2.74. The Hall–Kier alpha value is -2.67. The molecule has 2 N–H and O–H groups in total. The Morgan fingerprint density at radius 2 is 2.11 bits per heavy atom. The van der Waals surface area contributed by atoms with Gasteiger partial charge < -0.3 is 15.0 Å². The molecule has 0 radical (unpaired) electrons. The highest BCUT2D eigenvalue weighted by atomic mass is 16.5. The molecule has 0 aliphatic carbocycles. The Kier molecular flexibility index (Phi) is 5.43. The molecule has 0 atom stereocenters. The number of benzene rings is 1. The lowest BCUT2D eigenvalue weighted by Gasteiger charge is -2.22. The van der Waals surface area contributed by atoms with E-state index < -0.39 is 0 Å². The minimum atomic E-state index is -0.168. The standard InChI is InChI=1S/C21H27N5O2/c1-3-5-17-18-19(26(2)25-17)21(27)24-20(23-18)15-6-4-7-16(12-15)28-13-14-8-10-22-11-9-14/h4,6-7,12,14,22H,3,5,8-11,13H2,1-2H3,(H,23,24,27). The van der Waals surface area contributed by atoms with Gasteiger partial charge in [0.05, 0.1) is 12.3 Å². The maximum Gasteiger partial charge on any atom is 0.277 e. The lowest BCUT2D eigenvalue weighted by atomic mass is 9.99. The molecule has 0 spiro atoms. The number of piperidine rings is 1. The molecule has 7 heteroatoms. The fraction of sp³-hybridized carbons (Fsp3) is 0.476. The number of H-pyrrole nitrogens is 1. The largest absolute Gasteiger partial charge is 0.493 e. The molecule has 1 aliphatic heterocycles. The van der Waals surface area contributed by atoms with Crippen molar-refractivity contribution in [3.8, 4) is 17.1 Å². The Bertz CT molecular complexity index is 1020. The molecular formula is C21H27N5O2. The first-order valence-corrected chi connectivity index (χ1v) is 10.1. The van der Waals surface area contributed by atoms with Crippen LogP contribution in [-0.2, 0) is 13.5 Å². The molecule has 28 heavy (non-hydrogen) atoms. The maximum atomic E-state index is 12.6. The lowest BCUT2D eigenvalue weighted by Crippen LogP contribution is -2.30.